The molecule has 0 aliphatic carbocycles. The van der Waals surface area contributed by atoms with E-state index in [9.17, 15) is 0 Å². The maximum absolute atomic E-state index is 6.57. The molecule has 19 rings (SSSR count). The second kappa shape index (κ2) is 24.4. The molecule has 12 heteroatoms. The van der Waals surface area contributed by atoms with Crippen LogP contribution in [-0.2, 0) is 0 Å². The van der Waals surface area contributed by atoms with E-state index in [-0.39, 0.29) is 0 Å². The van der Waals surface area contributed by atoms with Crippen LogP contribution in [-0.4, -0.2) is 39.9 Å². The first-order chi connectivity index (χ1) is 48.5. The summed E-state index contributed by atoms with van der Waals surface area (Å²) in [6, 6.07) is 106. The van der Waals surface area contributed by atoms with Gasteiger partial charge in [-0.15, -0.1) is 0 Å². The number of aromatic nitrogens is 8. The summed E-state index contributed by atoms with van der Waals surface area (Å²) >= 11 is 0. The highest BCUT2D eigenvalue weighted by molar-refractivity contribution is 6.16. The number of nitrogens with zero attached hydrogens (tertiary/aromatic N) is 8. The number of furan rings is 2. The van der Waals surface area contributed by atoms with E-state index >= 15 is 0 Å². The zero-order valence-corrected chi connectivity index (χ0v) is 52.2. The van der Waals surface area contributed by atoms with Gasteiger partial charge in [0.15, 0.2) is 46.1 Å². The van der Waals surface area contributed by atoms with Crippen molar-refractivity contribution in [2.24, 2.45) is 0 Å². The van der Waals surface area contributed by atoms with Crippen LogP contribution in [0, 0.1) is 0 Å². The molecule has 98 heavy (non-hydrogen) atoms. The van der Waals surface area contributed by atoms with Gasteiger partial charge >= 0.3 is 0 Å². The molecule has 0 amide bonds. The largest absolute Gasteiger partial charge is 0.455 e. The van der Waals surface area contributed by atoms with E-state index in [0.717, 1.165) is 133 Å². The highest BCUT2D eigenvalue weighted by Gasteiger charge is 2.24. The third kappa shape index (κ3) is 10.7. The molecule has 0 N–H and O–H groups in total. The molecule has 0 aliphatic heterocycles. The van der Waals surface area contributed by atoms with E-state index in [1.165, 1.54) is 0 Å². The quantitative estimate of drug-likeness (QED) is 0.121. The van der Waals surface area contributed by atoms with Gasteiger partial charge in [0.25, 0.3) is 0 Å². The van der Waals surface area contributed by atoms with Crippen LogP contribution >= 0.6 is 0 Å². The molecule has 0 fully saturated rings. The molecule has 0 saturated heterocycles. The van der Waals surface area contributed by atoms with E-state index in [1.807, 2.05) is 218 Å². The Balaban J connectivity index is 0.000000143. The predicted molar refractivity (Wildman–Crippen MR) is 389 cm³/mol. The maximum atomic E-state index is 6.57. The van der Waals surface area contributed by atoms with Crippen LogP contribution in [0.15, 0.2) is 333 Å². The number of rotatable bonds is 11. The van der Waals surface area contributed by atoms with Crippen molar-refractivity contribution >= 4 is 66.1 Å². The monoisotopic (exact) mass is 1260 g/mol. The Hall–Kier alpha value is -13.6. The molecule has 0 bridgehead atoms. The third-order valence-corrected chi connectivity index (χ3v) is 17.6. The average molecular weight is 1260 g/mol. The number of fused-ring (bicyclic) bond motifs is 8. The van der Waals surface area contributed by atoms with Crippen LogP contribution in [0.5, 0.6) is 0 Å². The summed E-state index contributed by atoms with van der Waals surface area (Å²) in [6.07, 6.45) is 0. The van der Waals surface area contributed by atoms with Crippen molar-refractivity contribution in [1.29, 1.82) is 0 Å². The molecular formula is C86H52N8O4. The molecule has 19 aromatic rings. The molecule has 13 aromatic carbocycles. The molecule has 0 aliphatic rings. The molecule has 460 valence electrons. The molecule has 0 saturated carbocycles. The predicted octanol–water partition coefficient (Wildman–Crippen LogP) is 22.2. The minimum Gasteiger partial charge on any atom is -0.455 e. The van der Waals surface area contributed by atoms with Gasteiger partial charge in [-0.1, -0.05) is 255 Å². The number of hydrogen-bond acceptors (Lipinski definition) is 12. The van der Waals surface area contributed by atoms with Gasteiger partial charge < -0.3 is 17.7 Å². The lowest BCUT2D eigenvalue weighted by atomic mass is 10.0. The Kier molecular flexibility index (Phi) is 14.2. The molecular weight excluding hydrogens is 1210 g/mol. The lowest BCUT2D eigenvalue weighted by Crippen LogP contribution is -2.00. The van der Waals surface area contributed by atoms with Gasteiger partial charge in [-0.25, -0.2) is 39.9 Å². The van der Waals surface area contributed by atoms with Gasteiger partial charge in [0.2, 0.25) is 11.8 Å². The zero-order valence-electron chi connectivity index (χ0n) is 52.2. The molecule has 12 nitrogen and oxygen atoms in total. The summed E-state index contributed by atoms with van der Waals surface area (Å²) in [7, 11) is 0. The number of hydrogen-bond donors (Lipinski definition) is 0. The summed E-state index contributed by atoms with van der Waals surface area (Å²) in [5, 5.41) is 3.69. The fourth-order valence-corrected chi connectivity index (χ4v) is 12.9. The second-order valence-electron chi connectivity index (χ2n) is 23.7. The molecule has 0 radical (unpaired) electrons. The molecule has 6 heterocycles. The Labute approximate surface area is 560 Å². The maximum Gasteiger partial charge on any atom is 0.231 e. The van der Waals surface area contributed by atoms with Crippen molar-refractivity contribution in [3.05, 3.63) is 315 Å². The lowest BCUT2D eigenvalue weighted by Gasteiger charge is -2.11. The van der Waals surface area contributed by atoms with Crippen LogP contribution in [0.4, 0.5) is 0 Å². The highest BCUT2D eigenvalue weighted by Crippen LogP contribution is 2.44. The minimum atomic E-state index is 0.509. The van der Waals surface area contributed by atoms with Crippen LogP contribution in [0.1, 0.15) is 0 Å². The zero-order chi connectivity index (χ0) is 64.9. The molecule has 0 atom stereocenters. The first kappa shape index (κ1) is 57.1. The number of para-hydroxylation sites is 6. The van der Waals surface area contributed by atoms with Crippen molar-refractivity contribution in [2.75, 3.05) is 0 Å². The second-order valence-corrected chi connectivity index (χ2v) is 23.7. The van der Waals surface area contributed by atoms with Crippen molar-refractivity contribution in [3.8, 4) is 125 Å². The fraction of sp³-hybridized carbons (Fsp3) is 0. The van der Waals surface area contributed by atoms with Gasteiger partial charge in [-0.05, 0) is 94.0 Å². The first-order valence-corrected chi connectivity index (χ1v) is 32.2. The van der Waals surface area contributed by atoms with Gasteiger partial charge in [0.1, 0.15) is 33.4 Å². The standard InChI is InChI=1S/C46H28N4O2.C40H24N4O2/c1-3-12-29(13-4-1)31-24-26-32(27-25-31)43-48-44(34-17-9-16-33(28-34)30-14-5-2-6-15-30)50-45(49-43)36-19-11-23-40-41(36)35-18-10-20-37(42(35)51-40)46-47-38-21-7-8-22-39(38)52-46;1-3-12-25(13-4-1)27-16-9-17-28(24-27)38-42-37(26-14-5-2-6-15-26)43-39(44-38)30-19-11-23-34-35(30)29-18-10-20-31(36(29)45-34)40-41-32-21-7-8-22-33(32)46-40/h1-28H;1-24H. The van der Waals surface area contributed by atoms with Gasteiger partial charge in [-0.3, -0.25) is 0 Å². The van der Waals surface area contributed by atoms with Gasteiger partial charge in [-0.2, -0.15) is 0 Å². The topological polar surface area (TPSA) is 156 Å². The molecule has 6 aromatic heterocycles. The summed E-state index contributed by atoms with van der Waals surface area (Å²) in [4.78, 5) is 40.0. The average Bonchev–Trinajstić information content (AvgIpc) is 1.58. The van der Waals surface area contributed by atoms with Crippen molar-refractivity contribution in [1.82, 2.24) is 39.9 Å². The number of benzene rings is 13. The third-order valence-electron chi connectivity index (χ3n) is 17.6. The van der Waals surface area contributed by atoms with Crippen LogP contribution in [0.25, 0.3) is 191 Å². The molecule has 0 spiro atoms. The highest BCUT2D eigenvalue weighted by atomic mass is 16.4. The van der Waals surface area contributed by atoms with E-state index in [4.69, 9.17) is 57.5 Å². The van der Waals surface area contributed by atoms with Gasteiger partial charge in [0, 0.05) is 54.9 Å². The summed E-state index contributed by atoms with van der Waals surface area (Å²) in [5.74, 6) is 4.51. The summed E-state index contributed by atoms with van der Waals surface area (Å²) in [5.41, 5.74) is 19.5. The van der Waals surface area contributed by atoms with Crippen LogP contribution in [0.3, 0.4) is 0 Å². The Morgan fingerprint density at radius 1 is 0.184 bits per heavy atom. The van der Waals surface area contributed by atoms with Crippen LogP contribution in [0.2, 0.25) is 0 Å². The Morgan fingerprint density at radius 2 is 0.480 bits per heavy atom. The van der Waals surface area contributed by atoms with E-state index in [2.05, 4.69) is 97.1 Å². The van der Waals surface area contributed by atoms with E-state index in [0.29, 0.717) is 57.9 Å². The van der Waals surface area contributed by atoms with Gasteiger partial charge in [0.05, 0.1) is 11.1 Å². The first-order valence-electron chi connectivity index (χ1n) is 32.2. The van der Waals surface area contributed by atoms with Crippen molar-refractivity contribution in [3.63, 3.8) is 0 Å². The van der Waals surface area contributed by atoms with E-state index in [1.54, 1.807) is 0 Å². The Morgan fingerprint density at radius 3 is 0.918 bits per heavy atom. The lowest BCUT2D eigenvalue weighted by molar-refractivity contribution is 0.614. The van der Waals surface area contributed by atoms with Crippen molar-refractivity contribution < 1.29 is 17.7 Å². The summed E-state index contributed by atoms with van der Waals surface area (Å²) in [6.45, 7) is 0. The van der Waals surface area contributed by atoms with E-state index < -0.39 is 0 Å². The normalized spacial score (nSPS) is 11.5. The Bertz CT molecular complexity index is 6120. The molecule has 0 unspecified atom stereocenters. The smallest absolute Gasteiger partial charge is 0.231 e. The van der Waals surface area contributed by atoms with Crippen LogP contribution < -0.4 is 0 Å². The number of oxazole rings is 2. The fourth-order valence-electron chi connectivity index (χ4n) is 12.9. The SMILES string of the molecule is c1ccc(-c2ccc(-c3nc(-c4cccc(-c5ccccc5)c4)nc(-c4cccc5oc6c(-c7nc8ccccc8o7)cccc6c45)n3)cc2)cc1.c1ccc(-c2cccc(-c3nc(-c4ccccc4)nc(-c4cccc5oc6c(-c7nc8ccccc8o7)cccc6c45)n3)c2)cc1. The van der Waals surface area contributed by atoms with Crippen molar-refractivity contribution in [2.45, 2.75) is 0 Å². The summed E-state index contributed by atoms with van der Waals surface area (Å²) < 4.78 is 25.4. The minimum absolute atomic E-state index is 0.509.